The Bertz CT molecular complexity index is 1230. The monoisotopic (exact) mass is 486 g/mol. The van der Waals surface area contributed by atoms with E-state index in [4.69, 9.17) is 23.2 Å². The van der Waals surface area contributed by atoms with E-state index in [9.17, 15) is 9.18 Å². The second-order valence-corrected chi connectivity index (χ2v) is 8.68. The summed E-state index contributed by atoms with van der Waals surface area (Å²) in [4.78, 5) is 17.6. The Morgan fingerprint density at radius 3 is 2.41 bits per heavy atom. The number of rotatable bonds is 7. The molecule has 1 heterocycles. The van der Waals surface area contributed by atoms with Gasteiger partial charge in [0, 0.05) is 9.92 Å². The third-order valence-electron chi connectivity index (χ3n) is 4.50. The average molecular weight is 487 g/mol. The molecule has 162 valence electrons. The Morgan fingerprint density at radius 2 is 1.66 bits per heavy atom. The molecular weight excluding hydrogens is 470 g/mol. The van der Waals surface area contributed by atoms with E-state index in [0.717, 1.165) is 16.0 Å². The molecule has 0 saturated carbocycles. The number of nitrogens with zero attached hydrogens (tertiary/aromatic N) is 3. The van der Waals surface area contributed by atoms with E-state index >= 15 is 0 Å². The fraction of sp³-hybridized carbons (Fsp3) is 0.0870. The molecule has 0 fully saturated rings. The van der Waals surface area contributed by atoms with Gasteiger partial charge in [-0.25, -0.2) is 9.07 Å². The van der Waals surface area contributed by atoms with Crippen LogP contribution in [0.4, 0.5) is 10.1 Å². The summed E-state index contributed by atoms with van der Waals surface area (Å²) in [5.41, 5.74) is 2.36. The number of hydrogen-bond donors (Lipinski definition) is 1. The molecule has 4 aromatic rings. The minimum Gasteiger partial charge on any atom is -0.325 e. The van der Waals surface area contributed by atoms with Crippen LogP contribution in [0.1, 0.15) is 11.1 Å². The SMILES string of the molecule is O=C(Cc1ccc(F)cc1)Nc1ccccc1Sc1nc(Cl)nn1Cc1ccc(Cl)cc1. The number of para-hydroxylation sites is 1. The summed E-state index contributed by atoms with van der Waals surface area (Å²) in [6, 6.07) is 20.7. The third kappa shape index (κ3) is 5.88. The lowest BCUT2D eigenvalue weighted by molar-refractivity contribution is -0.115. The van der Waals surface area contributed by atoms with Crippen molar-refractivity contribution in [3.8, 4) is 0 Å². The lowest BCUT2D eigenvalue weighted by atomic mass is 10.1. The number of halogens is 3. The lowest BCUT2D eigenvalue weighted by Crippen LogP contribution is -2.15. The normalized spacial score (nSPS) is 10.8. The lowest BCUT2D eigenvalue weighted by Gasteiger charge is -2.11. The first-order valence-electron chi connectivity index (χ1n) is 9.62. The van der Waals surface area contributed by atoms with Crippen molar-refractivity contribution in [2.45, 2.75) is 23.0 Å². The number of carbonyl (C=O) groups is 1. The number of nitrogens with one attached hydrogen (secondary N) is 1. The van der Waals surface area contributed by atoms with Crippen LogP contribution in [0, 0.1) is 5.82 Å². The molecule has 3 aromatic carbocycles. The van der Waals surface area contributed by atoms with Gasteiger partial charge in [-0.05, 0) is 70.9 Å². The molecule has 0 radical (unpaired) electrons. The summed E-state index contributed by atoms with van der Waals surface area (Å²) < 4.78 is 14.8. The first-order chi connectivity index (χ1) is 15.5. The van der Waals surface area contributed by atoms with Crippen LogP contribution in [0.2, 0.25) is 10.3 Å². The van der Waals surface area contributed by atoms with Gasteiger partial charge < -0.3 is 5.32 Å². The molecule has 0 unspecified atom stereocenters. The van der Waals surface area contributed by atoms with Gasteiger partial charge >= 0.3 is 0 Å². The average Bonchev–Trinajstić information content (AvgIpc) is 3.11. The molecular formula is C23H17Cl2FN4OS. The fourth-order valence-electron chi connectivity index (χ4n) is 2.98. The summed E-state index contributed by atoms with van der Waals surface area (Å²) in [5.74, 6) is -0.539. The molecule has 0 saturated heterocycles. The van der Waals surface area contributed by atoms with Gasteiger partial charge in [-0.2, -0.15) is 4.98 Å². The highest BCUT2D eigenvalue weighted by Crippen LogP contribution is 2.33. The van der Waals surface area contributed by atoms with Gasteiger partial charge in [-0.3, -0.25) is 4.79 Å². The Labute approximate surface area is 198 Å². The van der Waals surface area contributed by atoms with Gasteiger partial charge in [0.15, 0.2) is 5.16 Å². The first-order valence-corrected chi connectivity index (χ1v) is 11.2. The molecule has 1 aromatic heterocycles. The van der Waals surface area contributed by atoms with Crippen molar-refractivity contribution in [1.29, 1.82) is 0 Å². The highest BCUT2D eigenvalue weighted by Gasteiger charge is 2.15. The predicted octanol–water partition coefficient (Wildman–Crippen LogP) is 6.10. The second kappa shape index (κ2) is 10.2. The molecule has 32 heavy (non-hydrogen) atoms. The van der Waals surface area contributed by atoms with E-state index in [2.05, 4.69) is 15.4 Å². The Hall–Kier alpha value is -2.87. The summed E-state index contributed by atoms with van der Waals surface area (Å²) in [7, 11) is 0. The van der Waals surface area contributed by atoms with E-state index < -0.39 is 0 Å². The van der Waals surface area contributed by atoms with E-state index in [0.29, 0.717) is 22.4 Å². The summed E-state index contributed by atoms with van der Waals surface area (Å²) in [5, 5.41) is 8.58. The number of anilines is 1. The van der Waals surface area contributed by atoms with Crippen molar-refractivity contribution >= 4 is 46.6 Å². The molecule has 0 spiro atoms. The van der Waals surface area contributed by atoms with Gasteiger partial charge in [-0.1, -0.05) is 48.0 Å². The van der Waals surface area contributed by atoms with Crippen LogP contribution in [0.25, 0.3) is 0 Å². The van der Waals surface area contributed by atoms with Crippen LogP contribution in [0.5, 0.6) is 0 Å². The number of benzene rings is 3. The van der Waals surface area contributed by atoms with Crippen LogP contribution in [-0.4, -0.2) is 20.7 Å². The number of hydrogen-bond acceptors (Lipinski definition) is 4. The quantitative estimate of drug-likeness (QED) is 0.342. The van der Waals surface area contributed by atoms with Crippen LogP contribution < -0.4 is 5.32 Å². The standard InChI is InChI=1S/C23H17Cl2FN4OS/c24-17-9-5-16(6-10-17)14-30-23(28-22(25)29-30)32-20-4-2-1-3-19(20)27-21(31)13-15-7-11-18(26)12-8-15/h1-12H,13-14H2,(H,27,31). The Kier molecular flexibility index (Phi) is 7.09. The van der Waals surface area contributed by atoms with E-state index in [1.807, 2.05) is 48.5 Å². The molecule has 4 rings (SSSR count). The highest BCUT2D eigenvalue weighted by molar-refractivity contribution is 7.99. The van der Waals surface area contributed by atoms with Crippen molar-refractivity contribution in [3.05, 3.63) is 100 Å². The fourth-order valence-corrected chi connectivity index (χ4v) is 4.24. The van der Waals surface area contributed by atoms with Crippen molar-refractivity contribution in [2.24, 2.45) is 0 Å². The van der Waals surface area contributed by atoms with Crippen LogP contribution in [0.3, 0.4) is 0 Å². The van der Waals surface area contributed by atoms with E-state index in [1.165, 1.54) is 23.9 Å². The molecule has 0 bridgehead atoms. The van der Waals surface area contributed by atoms with Gasteiger partial charge in [0.25, 0.3) is 0 Å². The maximum Gasteiger partial charge on any atom is 0.243 e. The zero-order valence-corrected chi connectivity index (χ0v) is 19.0. The first kappa shape index (κ1) is 22.3. The number of amides is 1. The third-order valence-corrected chi connectivity index (χ3v) is 5.97. The van der Waals surface area contributed by atoms with Crippen molar-refractivity contribution < 1.29 is 9.18 Å². The smallest absolute Gasteiger partial charge is 0.243 e. The van der Waals surface area contributed by atoms with Gasteiger partial charge in [0.1, 0.15) is 5.82 Å². The molecule has 0 aliphatic carbocycles. The maximum atomic E-state index is 13.1. The maximum absolute atomic E-state index is 13.1. The number of carbonyl (C=O) groups excluding carboxylic acids is 1. The zero-order valence-electron chi connectivity index (χ0n) is 16.6. The molecule has 0 atom stereocenters. The molecule has 1 amide bonds. The second-order valence-electron chi connectivity index (χ2n) is 6.90. The molecule has 5 nitrogen and oxygen atoms in total. The van der Waals surface area contributed by atoms with Crippen molar-refractivity contribution in [1.82, 2.24) is 14.8 Å². The minimum atomic E-state index is -0.336. The molecule has 1 N–H and O–H groups in total. The van der Waals surface area contributed by atoms with Crippen molar-refractivity contribution in [2.75, 3.05) is 5.32 Å². The van der Waals surface area contributed by atoms with Crippen LogP contribution >= 0.6 is 35.0 Å². The van der Waals surface area contributed by atoms with E-state index in [1.54, 1.807) is 16.8 Å². The summed E-state index contributed by atoms with van der Waals surface area (Å²) in [6.07, 6.45) is 0.137. The van der Waals surface area contributed by atoms with Crippen molar-refractivity contribution in [3.63, 3.8) is 0 Å². The summed E-state index contributed by atoms with van der Waals surface area (Å²) in [6.45, 7) is 0.471. The van der Waals surface area contributed by atoms with Crippen LogP contribution in [-0.2, 0) is 17.8 Å². The number of aromatic nitrogens is 3. The molecule has 0 aliphatic rings. The minimum absolute atomic E-state index is 0.137. The topological polar surface area (TPSA) is 59.8 Å². The highest BCUT2D eigenvalue weighted by atomic mass is 35.5. The van der Waals surface area contributed by atoms with Crippen LogP contribution in [0.15, 0.2) is 82.8 Å². The predicted molar refractivity (Wildman–Crippen MR) is 125 cm³/mol. The molecule has 0 aliphatic heterocycles. The Morgan fingerprint density at radius 1 is 0.969 bits per heavy atom. The largest absolute Gasteiger partial charge is 0.325 e. The van der Waals surface area contributed by atoms with Gasteiger partial charge in [0.2, 0.25) is 11.2 Å². The van der Waals surface area contributed by atoms with Gasteiger partial charge in [0.05, 0.1) is 18.7 Å². The molecule has 9 heteroatoms. The van der Waals surface area contributed by atoms with Gasteiger partial charge in [-0.15, -0.1) is 5.10 Å². The summed E-state index contributed by atoms with van der Waals surface area (Å²) >= 11 is 13.4. The Balaban J connectivity index is 1.50. The van der Waals surface area contributed by atoms with E-state index in [-0.39, 0.29) is 23.4 Å². The zero-order chi connectivity index (χ0) is 22.5.